The molecule has 1 aromatic rings. The average molecular weight is 177 g/mol. The fourth-order valence-corrected chi connectivity index (χ4v) is 1.48. The molecule has 0 saturated heterocycles. The van der Waals surface area contributed by atoms with Crippen LogP contribution in [0.2, 0.25) is 0 Å². The second-order valence-electron chi connectivity index (χ2n) is 3.05. The van der Waals surface area contributed by atoms with Gasteiger partial charge in [0.05, 0.1) is 6.04 Å². The molecule has 0 aromatic heterocycles. The Morgan fingerprint density at radius 1 is 1.46 bits per heavy atom. The Morgan fingerprint density at radius 2 is 2.23 bits per heavy atom. The second-order valence-corrected chi connectivity index (χ2v) is 3.05. The van der Waals surface area contributed by atoms with Gasteiger partial charge < -0.3 is 9.94 Å². The zero-order valence-corrected chi connectivity index (χ0v) is 7.16. The van der Waals surface area contributed by atoms with E-state index in [2.05, 4.69) is 12.1 Å². The highest BCUT2D eigenvalue weighted by atomic mass is 16.5. The number of para-hydroxylation sites is 1. The van der Waals surface area contributed by atoms with Crippen molar-refractivity contribution in [3.63, 3.8) is 0 Å². The summed E-state index contributed by atoms with van der Waals surface area (Å²) in [5, 5.41) is 8.94. The maximum atomic E-state index is 8.94. The van der Waals surface area contributed by atoms with E-state index < -0.39 is 0 Å². The third kappa shape index (κ3) is 1.32. The van der Waals surface area contributed by atoms with Gasteiger partial charge in [0.2, 0.25) is 0 Å². The number of hydrogen-bond donors (Lipinski definition) is 2. The van der Waals surface area contributed by atoms with Crippen LogP contribution in [0.4, 0.5) is 0 Å². The Bertz CT molecular complexity index is 335. The van der Waals surface area contributed by atoms with E-state index in [-0.39, 0.29) is 6.04 Å². The van der Waals surface area contributed by atoms with Crippen molar-refractivity contribution in [3.8, 4) is 5.75 Å². The van der Waals surface area contributed by atoms with Gasteiger partial charge in [-0.15, -0.1) is 0 Å². The molecular formula is C10H11NO2. The summed E-state index contributed by atoms with van der Waals surface area (Å²) in [6.07, 6.45) is 0. The van der Waals surface area contributed by atoms with E-state index in [1.54, 1.807) is 0 Å². The Balaban J connectivity index is 2.45. The fourth-order valence-electron chi connectivity index (χ4n) is 1.48. The highest BCUT2D eigenvalue weighted by Gasteiger charge is 2.23. The lowest BCUT2D eigenvalue weighted by Gasteiger charge is -2.26. The highest BCUT2D eigenvalue weighted by molar-refractivity contribution is 5.42. The molecule has 0 fully saturated rings. The van der Waals surface area contributed by atoms with Crippen LogP contribution in [-0.4, -0.2) is 11.8 Å². The predicted molar refractivity (Wildman–Crippen MR) is 48.7 cm³/mol. The summed E-state index contributed by atoms with van der Waals surface area (Å²) in [7, 11) is 0. The van der Waals surface area contributed by atoms with Crippen molar-refractivity contribution in [1.82, 2.24) is 5.48 Å². The molecule has 1 unspecified atom stereocenters. The van der Waals surface area contributed by atoms with E-state index in [1.165, 1.54) is 0 Å². The van der Waals surface area contributed by atoms with Crippen molar-refractivity contribution in [2.45, 2.75) is 6.04 Å². The molecular weight excluding hydrogens is 166 g/mol. The van der Waals surface area contributed by atoms with Crippen LogP contribution in [0.15, 0.2) is 36.4 Å². The predicted octanol–water partition coefficient (Wildman–Crippen LogP) is 1.66. The van der Waals surface area contributed by atoms with Gasteiger partial charge in [0, 0.05) is 5.56 Å². The summed E-state index contributed by atoms with van der Waals surface area (Å²) in [5.41, 5.74) is 4.00. The Hall–Kier alpha value is -1.32. The van der Waals surface area contributed by atoms with E-state index in [0.717, 1.165) is 16.9 Å². The Kier molecular flexibility index (Phi) is 2.04. The minimum Gasteiger partial charge on any atom is -0.489 e. The standard InChI is InChI=1S/C10H11NO2/c1-7-6-13-9-5-3-2-4-8(9)10(7)11-12/h2-5,10-12H,1,6H2. The molecule has 1 aliphatic rings. The van der Waals surface area contributed by atoms with Gasteiger partial charge in [-0.3, -0.25) is 0 Å². The molecule has 1 aliphatic heterocycles. The fraction of sp³-hybridized carbons (Fsp3) is 0.200. The summed E-state index contributed by atoms with van der Waals surface area (Å²) < 4.78 is 5.42. The number of hydroxylamine groups is 1. The first-order chi connectivity index (χ1) is 6.33. The van der Waals surface area contributed by atoms with Gasteiger partial charge in [0.1, 0.15) is 12.4 Å². The largest absolute Gasteiger partial charge is 0.489 e. The normalized spacial score (nSPS) is 20.7. The van der Waals surface area contributed by atoms with Gasteiger partial charge >= 0.3 is 0 Å². The van der Waals surface area contributed by atoms with Crippen LogP contribution in [0.25, 0.3) is 0 Å². The summed E-state index contributed by atoms with van der Waals surface area (Å²) >= 11 is 0. The van der Waals surface area contributed by atoms with Crippen LogP contribution in [0.5, 0.6) is 5.75 Å². The molecule has 1 atom stereocenters. The maximum absolute atomic E-state index is 8.94. The van der Waals surface area contributed by atoms with E-state index >= 15 is 0 Å². The number of nitrogens with one attached hydrogen (secondary N) is 1. The van der Waals surface area contributed by atoms with Gasteiger partial charge in [-0.2, -0.15) is 5.48 Å². The SMILES string of the molecule is C=C1COc2ccccc2C1NO. The molecule has 1 aromatic carbocycles. The third-order valence-electron chi connectivity index (χ3n) is 2.18. The zero-order valence-electron chi connectivity index (χ0n) is 7.16. The first-order valence-corrected chi connectivity index (χ1v) is 4.12. The molecule has 13 heavy (non-hydrogen) atoms. The molecule has 1 heterocycles. The van der Waals surface area contributed by atoms with E-state index in [4.69, 9.17) is 9.94 Å². The van der Waals surface area contributed by atoms with E-state index in [1.807, 2.05) is 24.3 Å². The molecule has 0 spiro atoms. The smallest absolute Gasteiger partial charge is 0.124 e. The van der Waals surface area contributed by atoms with Crippen LogP contribution in [0.3, 0.4) is 0 Å². The minimum absolute atomic E-state index is 0.204. The summed E-state index contributed by atoms with van der Waals surface area (Å²) in [6.45, 7) is 4.27. The number of hydrogen-bond acceptors (Lipinski definition) is 3. The molecule has 3 nitrogen and oxygen atoms in total. The van der Waals surface area contributed by atoms with Crippen molar-refractivity contribution in [1.29, 1.82) is 0 Å². The average Bonchev–Trinajstić information content (AvgIpc) is 2.18. The van der Waals surface area contributed by atoms with Crippen LogP contribution in [-0.2, 0) is 0 Å². The van der Waals surface area contributed by atoms with Crippen molar-refractivity contribution < 1.29 is 9.94 Å². The van der Waals surface area contributed by atoms with Gasteiger partial charge in [0.25, 0.3) is 0 Å². The molecule has 0 saturated carbocycles. The van der Waals surface area contributed by atoms with Crippen LogP contribution >= 0.6 is 0 Å². The lowest BCUT2D eigenvalue weighted by Crippen LogP contribution is -2.26. The van der Waals surface area contributed by atoms with Crippen LogP contribution in [0, 0.1) is 0 Å². The third-order valence-corrected chi connectivity index (χ3v) is 2.18. The first-order valence-electron chi connectivity index (χ1n) is 4.12. The second kappa shape index (κ2) is 3.20. The van der Waals surface area contributed by atoms with Gasteiger partial charge in [-0.25, -0.2) is 0 Å². The minimum atomic E-state index is -0.204. The van der Waals surface area contributed by atoms with E-state index in [0.29, 0.717) is 6.61 Å². The topological polar surface area (TPSA) is 41.5 Å². The van der Waals surface area contributed by atoms with Gasteiger partial charge in [-0.1, -0.05) is 24.8 Å². The Morgan fingerprint density at radius 3 is 3.00 bits per heavy atom. The van der Waals surface area contributed by atoms with Gasteiger partial charge in [0.15, 0.2) is 0 Å². The van der Waals surface area contributed by atoms with Crippen molar-refractivity contribution >= 4 is 0 Å². The maximum Gasteiger partial charge on any atom is 0.124 e. The van der Waals surface area contributed by atoms with Crippen LogP contribution < -0.4 is 10.2 Å². The summed E-state index contributed by atoms with van der Waals surface area (Å²) in [6, 6.07) is 7.40. The lowest BCUT2D eigenvalue weighted by molar-refractivity contribution is 0.127. The highest BCUT2D eigenvalue weighted by Crippen LogP contribution is 2.33. The first kappa shape index (κ1) is 8.29. The molecule has 3 heteroatoms. The Labute approximate surface area is 76.6 Å². The van der Waals surface area contributed by atoms with Crippen molar-refractivity contribution in [2.75, 3.05) is 6.61 Å². The van der Waals surface area contributed by atoms with E-state index in [9.17, 15) is 0 Å². The molecule has 68 valence electrons. The number of rotatable bonds is 1. The molecule has 0 amide bonds. The molecule has 2 N–H and O–H groups in total. The molecule has 2 rings (SSSR count). The summed E-state index contributed by atoms with van der Waals surface area (Å²) in [5.74, 6) is 0.807. The van der Waals surface area contributed by atoms with Crippen molar-refractivity contribution in [3.05, 3.63) is 42.0 Å². The summed E-state index contributed by atoms with van der Waals surface area (Å²) in [4.78, 5) is 0. The number of ether oxygens (including phenoxy) is 1. The van der Waals surface area contributed by atoms with Gasteiger partial charge in [-0.05, 0) is 11.6 Å². The monoisotopic (exact) mass is 177 g/mol. The quantitative estimate of drug-likeness (QED) is 0.506. The van der Waals surface area contributed by atoms with Crippen molar-refractivity contribution in [2.24, 2.45) is 0 Å². The lowest BCUT2D eigenvalue weighted by atomic mass is 9.98. The number of fused-ring (bicyclic) bond motifs is 1. The number of benzene rings is 1. The van der Waals surface area contributed by atoms with Crippen LogP contribution in [0.1, 0.15) is 11.6 Å². The molecule has 0 radical (unpaired) electrons. The molecule has 0 aliphatic carbocycles. The zero-order chi connectivity index (χ0) is 9.26. The molecule has 0 bridgehead atoms.